The van der Waals surface area contributed by atoms with Gasteiger partial charge in [-0.15, -0.1) is 0 Å². The van der Waals surface area contributed by atoms with Crippen LogP contribution in [0, 0.1) is 0 Å². The Hall–Kier alpha value is -2.80. The molecule has 7 heteroatoms. The van der Waals surface area contributed by atoms with E-state index in [0.717, 1.165) is 13.2 Å². The molecule has 1 aromatic carbocycles. The highest BCUT2D eigenvalue weighted by molar-refractivity contribution is 5.87. The first-order chi connectivity index (χ1) is 10.8. The third kappa shape index (κ3) is 3.19. The quantitative estimate of drug-likeness (QED) is 0.648. The van der Waals surface area contributed by atoms with Gasteiger partial charge in [-0.2, -0.15) is 0 Å². The molecule has 122 valence electrons. The summed E-state index contributed by atoms with van der Waals surface area (Å²) in [5.41, 5.74) is -2.36. The van der Waals surface area contributed by atoms with E-state index in [1.807, 2.05) is 0 Å². The SMILES string of the molecule is COC(=O)[C@](C)(O)/C=C/c1cc2ccc(O)c(OC)c2oc1=O. The summed E-state index contributed by atoms with van der Waals surface area (Å²) in [5, 5.41) is 20.1. The summed E-state index contributed by atoms with van der Waals surface area (Å²) in [6.07, 6.45) is 2.40. The van der Waals surface area contributed by atoms with Crippen LogP contribution >= 0.6 is 0 Å². The average Bonchev–Trinajstić information content (AvgIpc) is 2.52. The van der Waals surface area contributed by atoms with Crippen LogP contribution in [0.1, 0.15) is 12.5 Å². The van der Waals surface area contributed by atoms with Gasteiger partial charge in [0.2, 0.25) is 5.75 Å². The minimum atomic E-state index is -1.87. The summed E-state index contributed by atoms with van der Waals surface area (Å²) in [7, 11) is 2.49. The summed E-state index contributed by atoms with van der Waals surface area (Å²) in [4.78, 5) is 23.4. The second-order valence-corrected chi connectivity index (χ2v) is 5.00. The fourth-order valence-corrected chi connectivity index (χ4v) is 2.00. The minimum absolute atomic E-state index is 0.0525. The smallest absolute Gasteiger partial charge is 0.343 e. The predicted octanol–water partition coefficient (Wildman–Crippen LogP) is 1.44. The van der Waals surface area contributed by atoms with Gasteiger partial charge >= 0.3 is 11.6 Å². The molecule has 0 unspecified atom stereocenters. The largest absolute Gasteiger partial charge is 0.504 e. The van der Waals surface area contributed by atoms with E-state index in [2.05, 4.69) is 4.74 Å². The molecule has 0 aliphatic rings. The van der Waals surface area contributed by atoms with Crippen molar-refractivity contribution >= 4 is 23.0 Å². The van der Waals surface area contributed by atoms with E-state index in [-0.39, 0.29) is 22.6 Å². The molecule has 0 amide bonds. The van der Waals surface area contributed by atoms with E-state index in [9.17, 15) is 19.8 Å². The molecule has 23 heavy (non-hydrogen) atoms. The fourth-order valence-electron chi connectivity index (χ4n) is 2.00. The summed E-state index contributed by atoms with van der Waals surface area (Å²) in [6.45, 7) is 1.24. The summed E-state index contributed by atoms with van der Waals surface area (Å²) in [6, 6.07) is 4.44. The first kappa shape index (κ1) is 16.6. The zero-order valence-electron chi connectivity index (χ0n) is 12.8. The van der Waals surface area contributed by atoms with Crippen LogP contribution in [0.3, 0.4) is 0 Å². The lowest BCUT2D eigenvalue weighted by molar-refractivity contribution is -0.155. The van der Waals surface area contributed by atoms with Crippen molar-refractivity contribution in [2.45, 2.75) is 12.5 Å². The van der Waals surface area contributed by atoms with E-state index < -0.39 is 17.2 Å². The lowest BCUT2D eigenvalue weighted by atomic mass is 10.1. The van der Waals surface area contributed by atoms with Crippen molar-refractivity contribution < 1.29 is 28.9 Å². The molecule has 0 saturated carbocycles. The Bertz CT molecular complexity index is 830. The molecule has 0 aliphatic heterocycles. The molecule has 0 fully saturated rings. The normalized spacial score (nSPS) is 13.9. The number of phenols is 1. The molecule has 1 aromatic heterocycles. The third-order valence-electron chi connectivity index (χ3n) is 3.25. The highest BCUT2D eigenvalue weighted by Crippen LogP contribution is 2.34. The molecule has 0 aliphatic carbocycles. The maximum absolute atomic E-state index is 12.0. The van der Waals surface area contributed by atoms with Gasteiger partial charge in [-0.3, -0.25) is 0 Å². The number of aliphatic hydroxyl groups is 1. The number of ether oxygens (including phenoxy) is 2. The van der Waals surface area contributed by atoms with Crippen molar-refractivity contribution in [2.24, 2.45) is 0 Å². The Morgan fingerprint density at radius 3 is 2.65 bits per heavy atom. The molecule has 2 N–H and O–H groups in total. The maximum Gasteiger partial charge on any atom is 0.343 e. The zero-order valence-corrected chi connectivity index (χ0v) is 12.8. The highest BCUT2D eigenvalue weighted by Gasteiger charge is 2.28. The summed E-state index contributed by atoms with van der Waals surface area (Å²) >= 11 is 0. The molecule has 0 saturated heterocycles. The van der Waals surface area contributed by atoms with Crippen LogP contribution in [0.25, 0.3) is 17.0 Å². The number of fused-ring (bicyclic) bond motifs is 1. The number of hydrogen-bond acceptors (Lipinski definition) is 7. The Morgan fingerprint density at radius 2 is 2.04 bits per heavy atom. The van der Waals surface area contributed by atoms with Crippen molar-refractivity contribution in [3.8, 4) is 11.5 Å². The van der Waals surface area contributed by atoms with E-state index in [1.165, 1.54) is 32.2 Å². The first-order valence-electron chi connectivity index (χ1n) is 6.64. The number of methoxy groups -OCH3 is 2. The molecule has 1 atom stereocenters. The molecule has 1 heterocycles. The van der Waals surface area contributed by atoms with Crippen LogP contribution in [0.15, 0.2) is 33.5 Å². The number of phenolic OH excluding ortho intramolecular Hbond substituents is 1. The number of carbonyl (C=O) groups excluding carboxylic acids is 1. The van der Waals surface area contributed by atoms with Crippen molar-refractivity contribution in [3.63, 3.8) is 0 Å². The van der Waals surface area contributed by atoms with Gasteiger partial charge in [-0.25, -0.2) is 9.59 Å². The second-order valence-electron chi connectivity index (χ2n) is 5.00. The average molecular weight is 320 g/mol. The van der Waals surface area contributed by atoms with Crippen LogP contribution in [-0.4, -0.2) is 36.0 Å². The molecule has 0 radical (unpaired) electrons. The number of esters is 1. The molecule has 0 spiro atoms. The monoisotopic (exact) mass is 320 g/mol. The number of rotatable bonds is 4. The maximum atomic E-state index is 12.0. The molecule has 0 bridgehead atoms. The van der Waals surface area contributed by atoms with Gasteiger partial charge in [0.25, 0.3) is 0 Å². The summed E-state index contributed by atoms with van der Waals surface area (Å²) in [5.74, 6) is -0.956. The van der Waals surface area contributed by atoms with Crippen LogP contribution in [0.2, 0.25) is 0 Å². The van der Waals surface area contributed by atoms with Gasteiger partial charge in [0, 0.05) is 5.39 Å². The lowest BCUT2D eigenvalue weighted by Gasteiger charge is -2.15. The number of benzene rings is 1. The zero-order chi connectivity index (χ0) is 17.2. The van der Waals surface area contributed by atoms with Gasteiger partial charge in [0.15, 0.2) is 16.9 Å². The van der Waals surface area contributed by atoms with E-state index >= 15 is 0 Å². The Labute approximate surface area is 131 Å². The van der Waals surface area contributed by atoms with Gasteiger partial charge in [0.1, 0.15) is 0 Å². The third-order valence-corrected chi connectivity index (χ3v) is 3.25. The Balaban J connectivity index is 2.52. The van der Waals surface area contributed by atoms with Crippen LogP contribution in [0.4, 0.5) is 0 Å². The lowest BCUT2D eigenvalue weighted by Crippen LogP contribution is -2.33. The van der Waals surface area contributed by atoms with E-state index in [0.29, 0.717) is 5.39 Å². The summed E-state index contributed by atoms with van der Waals surface area (Å²) < 4.78 is 14.6. The Morgan fingerprint density at radius 1 is 1.35 bits per heavy atom. The standard InChI is InChI=1S/C16H16O7/c1-16(20,15(19)22-3)7-6-10-8-9-4-5-11(17)13(21-2)12(9)23-14(10)18/h4-8,17,20H,1-3H3/b7-6+/t16-/m1/s1. The first-order valence-corrected chi connectivity index (χ1v) is 6.64. The minimum Gasteiger partial charge on any atom is -0.504 e. The van der Waals surface area contributed by atoms with Crippen molar-refractivity contribution in [1.82, 2.24) is 0 Å². The number of aromatic hydroxyl groups is 1. The van der Waals surface area contributed by atoms with E-state index in [1.54, 1.807) is 6.07 Å². The van der Waals surface area contributed by atoms with Crippen molar-refractivity contribution in [2.75, 3.05) is 14.2 Å². The molecular formula is C16H16O7. The van der Waals surface area contributed by atoms with Crippen LogP contribution in [-0.2, 0) is 9.53 Å². The molecule has 2 rings (SSSR count). The van der Waals surface area contributed by atoms with Gasteiger partial charge in [-0.1, -0.05) is 0 Å². The van der Waals surface area contributed by atoms with Crippen molar-refractivity contribution in [1.29, 1.82) is 0 Å². The Kier molecular flexibility index (Phi) is 4.42. The second kappa shape index (κ2) is 6.13. The number of hydrogen-bond donors (Lipinski definition) is 2. The van der Waals surface area contributed by atoms with Crippen LogP contribution in [0.5, 0.6) is 11.5 Å². The van der Waals surface area contributed by atoms with Gasteiger partial charge in [0.05, 0.1) is 19.8 Å². The number of carbonyl (C=O) groups is 1. The van der Waals surface area contributed by atoms with Crippen molar-refractivity contribution in [3.05, 3.63) is 40.3 Å². The molecule has 2 aromatic rings. The van der Waals surface area contributed by atoms with Gasteiger partial charge in [-0.05, 0) is 37.3 Å². The molecular weight excluding hydrogens is 304 g/mol. The predicted molar refractivity (Wildman–Crippen MR) is 82.4 cm³/mol. The van der Waals surface area contributed by atoms with Gasteiger partial charge < -0.3 is 24.1 Å². The molecule has 7 nitrogen and oxygen atoms in total. The topological polar surface area (TPSA) is 106 Å². The van der Waals surface area contributed by atoms with Crippen LogP contribution < -0.4 is 10.4 Å². The fraction of sp³-hybridized carbons (Fsp3) is 0.250. The van der Waals surface area contributed by atoms with E-state index in [4.69, 9.17) is 9.15 Å². The highest BCUT2D eigenvalue weighted by atomic mass is 16.5.